The van der Waals surface area contributed by atoms with Crippen molar-refractivity contribution < 1.29 is 14.3 Å². The Morgan fingerprint density at radius 1 is 1.15 bits per heavy atom. The van der Waals surface area contributed by atoms with Crippen molar-refractivity contribution in [3.63, 3.8) is 0 Å². The molecule has 6 nitrogen and oxygen atoms in total. The van der Waals surface area contributed by atoms with Crippen molar-refractivity contribution in [2.24, 2.45) is 0 Å². The van der Waals surface area contributed by atoms with Crippen LogP contribution in [0.1, 0.15) is 18.5 Å². The number of fused-ring (bicyclic) bond motifs is 1. The van der Waals surface area contributed by atoms with E-state index in [1.165, 1.54) is 6.92 Å². The van der Waals surface area contributed by atoms with E-state index in [1.807, 2.05) is 62.6 Å². The minimum atomic E-state index is -0.734. The molecule has 0 radical (unpaired) electrons. The summed E-state index contributed by atoms with van der Waals surface area (Å²) in [7, 11) is 3.96. The number of carbonyl (C=O) groups excluding carboxylic acids is 2. The van der Waals surface area contributed by atoms with E-state index in [0.717, 1.165) is 5.56 Å². The third-order valence-corrected chi connectivity index (χ3v) is 4.72. The molecule has 2 aromatic rings. The van der Waals surface area contributed by atoms with E-state index in [2.05, 4.69) is 10.2 Å². The Bertz CT molecular complexity index is 807. The van der Waals surface area contributed by atoms with Gasteiger partial charge in [-0.05, 0) is 31.8 Å². The van der Waals surface area contributed by atoms with E-state index in [9.17, 15) is 9.59 Å². The SMILES string of the molecule is CC(=O)N1C[C@H](C(=O)NC[C@H](c2ccccc2)N(C)C)Oc2ccccc21. The fourth-order valence-corrected chi connectivity index (χ4v) is 3.25. The van der Waals surface area contributed by atoms with Crippen LogP contribution >= 0.6 is 0 Å². The molecule has 0 aromatic heterocycles. The lowest BCUT2D eigenvalue weighted by Gasteiger charge is -2.34. The lowest BCUT2D eigenvalue weighted by molar-refractivity contribution is -0.128. The summed E-state index contributed by atoms with van der Waals surface area (Å²) in [5, 5.41) is 2.98. The van der Waals surface area contributed by atoms with Gasteiger partial charge in [0.15, 0.2) is 6.10 Å². The first-order valence-corrected chi connectivity index (χ1v) is 9.00. The van der Waals surface area contributed by atoms with Crippen LogP contribution in [-0.2, 0) is 9.59 Å². The predicted octanol–water partition coefficient (Wildman–Crippen LogP) is 2.22. The van der Waals surface area contributed by atoms with Gasteiger partial charge in [0.25, 0.3) is 5.91 Å². The first kappa shape index (κ1) is 18.9. The van der Waals surface area contributed by atoms with E-state index < -0.39 is 6.10 Å². The molecule has 1 N–H and O–H groups in total. The summed E-state index contributed by atoms with van der Waals surface area (Å²) >= 11 is 0. The fourth-order valence-electron chi connectivity index (χ4n) is 3.25. The number of hydrogen-bond acceptors (Lipinski definition) is 4. The molecule has 0 aliphatic carbocycles. The zero-order valence-corrected chi connectivity index (χ0v) is 15.9. The highest BCUT2D eigenvalue weighted by molar-refractivity contribution is 5.95. The number of benzene rings is 2. The van der Waals surface area contributed by atoms with Gasteiger partial charge in [-0.2, -0.15) is 0 Å². The normalized spacial score (nSPS) is 17.0. The van der Waals surface area contributed by atoms with Crippen LogP contribution in [0.25, 0.3) is 0 Å². The van der Waals surface area contributed by atoms with Crippen molar-refractivity contribution in [2.75, 3.05) is 32.1 Å². The summed E-state index contributed by atoms with van der Waals surface area (Å²) in [6.45, 7) is 2.15. The van der Waals surface area contributed by atoms with Crippen LogP contribution in [-0.4, -0.2) is 50.0 Å². The first-order valence-electron chi connectivity index (χ1n) is 9.00. The monoisotopic (exact) mass is 367 g/mol. The number of anilines is 1. The zero-order chi connectivity index (χ0) is 19.4. The Hall–Kier alpha value is -2.86. The molecular formula is C21H25N3O3. The average molecular weight is 367 g/mol. The number of likely N-dealkylation sites (N-methyl/N-ethyl adjacent to an activating group) is 1. The number of carbonyl (C=O) groups is 2. The molecule has 2 amide bonds. The molecule has 0 spiro atoms. The third-order valence-electron chi connectivity index (χ3n) is 4.72. The summed E-state index contributed by atoms with van der Waals surface area (Å²) in [5.74, 6) is 0.212. The van der Waals surface area contributed by atoms with E-state index in [4.69, 9.17) is 4.74 Å². The maximum absolute atomic E-state index is 12.7. The van der Waals surface area contributed by atoms with Gasteiger partial charge in [0, 0.05) is 13.5 Å². The van der Waals surface area contributed by atoms with Crippen molar-refractivity contribution >= 4 is 17.5 Å². The largest absolute Gasteiger partial charge is 0.477 e. The maximum atomic E-state index is 12.7. The van der Waals surface area contributed by atoms with Crippen LogP contribution in [0.15, 0.2) is 54.6 Å². The highest BCUT2D eigenvalue weighted by Gasteiger charge is 2.32. The average Bonchev–Trinajstić information content (AvgIpc) is 2.67. The molecule has 1 aliphatic heterocycles. The lowest BCUT2D eigenvalue weighted by Crippen LogP contribution is -2.51. The maximum Gasteiger partial charge on any atom is 0.263 e. The van der Waals surface area contributed by atoms with Crippen LogP contribution in [0.4, 0.5) is 5.69 Å². The molecule has 2 aromatic carbocycles. The third kappa shape index (κ3) is 4.28. The number of amides is 2. The van der Waals surface area contributed by atoms with Gasteiger partial charge < -0.3 is 19.9 Å². The van der Waals surface area contributed by atoms with E-state index >= 15 is 0 Å². The number of para-hydroxylation sites is 2. The molecule has 0 saturated heterocycles. The minimum absolute atomic E-state index is 0.0509. The molecule has 6 heteroatoms. The second-order valence-electron chi connectivity index (χ2n) is 6.84. The second-order valence-corrected chi connectivity index (χ2v) is 6.84. The molecule has 2 atom stereocenters. The van der Waals surface area contributed by atoms with Gasteiger partial charge in [0.1, 0.15) is 5.75 Å². The van der Waals surface area contributed by atoms with Crippen molar-refractivity contribution in [3.8, 4) is 5.75 Å². The van der Waals surface area contributed by atoms with Crippen LogP contribution in [0.5, 0.6) is 5.75 Å². The Morgan fingerprint density at radius 2 is 1.81 bits per heavy atom. The molecule has 0 saturated carbocycles. The Morgan fingerprint density at radius 3 is 2.48 bits per heavy atom. The molecule has 1 heterocycles. The number of hydrogen-bond donors (Lipinski definition) is 1. The number of ether oxygens (including phenoxy) is 1. The summed E-state index contributed by atoms with van der Waals surface area (Å²) in [5.41, 5.74) is 1.83. The summed E-state index contributed by atoms with van der Waals surface area (Å²) in [4.78, 5) is 28.4. The summed E-state index contributed by atoms with van der Waals surface area (Å²) in [6, 6.07) is 17.4. The quantitative estimate of drug-likeness (QED) is 0.880. The number of nitrogens with one attached hydrogen (secondary N) is 1. The fraction of sp³-hybridized carbons (Fsp3) is 0.333. The second kappa shape index (κ2) is 8.22. The van der Waals surface area contributed by atoms with Gasteiger partial charge in [-0.1, -0.05) is 42.5 Å². The molecule has 3 rings (SSSR count). The number of rotatable bonds is 5. The van der Waals surface area contributed by atoms with Gasteiger partial charge in [0.05, 0.1) is 18.3 Å². The molecule has 0 unspecified atom stereocenters. The van der Waals surface area contributed by atoms with Crippen molar-refractivity contribution in [2.45, 2.75) is 19.1 Å². The summed E-state index contributed by atoms with van der Waals surface area (Å²) in [6.07, 6.45) is -0.734. The van der Waals surface area contributed by atoms with Gasteiger partial charge in [-0.15, -0.1) is 0 Å². The van der Waals surface area contributed by atoms with Gasteiger partial charge in [0.2, 0.25) is 5.91 Å². The Kier molecular flexibility index (Phi) is 5.76. The smallest absolute Gasteiger partial charge is 0.263 e. The van der Waals surface area contributed by atoms with Crippen molar-refractivity contribution in [1.82, 2.24) is 10.2 Å². The van der Waals surface area contributed by atoms with Gasteiger partial charge >= 0.3 is 0 Å². The van der Waals surface area contributed by atoms with E-state index in [0.29, 0.717) is 18.0 Å². The zero-order valence-electron chi connectivity index (χ0n) is 15.9. The van der Waals surface area contributed by atoms with Gasteiger partial charge in [-0.25, -0.2) is 0 Å². The molecular weight excluding hydrogens is 342 g/mol. The topological polar surface area (TPSA) is 61.9 Å². The van der Waals surface area contributed by atoms with Crippen LogP contribution in [0, 0.1) is 0 Å². The van der Waals surface area contributed by atoms with Crippen molar-refractivity contribution in [1.29, 1.82) is 0 Å². The highest BCUT2D eigenvalue weighted by Crippen LogP contribution is 2.33. The van der Waals surface area contributed by atoms with Crippen molar-refractivity contribution in [3.05, 3.63) is 60.2 Å². The standard InChI is InChI=1S/C21H25N3O3/c1-15(25)24-14-20(27-19-12-8-7-11-17(19)24)21(26)22-13-18(23(2)3)16-9-5-4-6-10-16/h4-12,18,20H,13-14H2,1-3H3,(H,22,26)/t18-,20-/m1/s1. The molecule has 0 bridgehead atoms. The first-order chi connectivity index (χ1) is 13.0. The van der Waals surface area contributed by atoms with Crippen LogP contribution < -0.4 is 15.0 Å². The Balaban J connectivity index is 1.70. The molecule has 142 valence electrons. The van der Waals surface area contributed by atoms with Gasteiger partial charge in [-0.3, -0.25) is 9.59 Å². The number of nitrogens with zero attached hydrogens (tertiary/aromatic N) is 2. The highest BCUT2D eigenvalue weighted by atomic mass is 16.5. The van der Waals surface area contributed by atoms with E-state index in [1.54, 1.807) is 11.0 Å². The predicted molar refractivity (Wildman–Crippen MR) is 105 cm³/mol. The van der Waals surface area contributed by atoms with Crippen LogP contribution in [0.2, 0.25) is 0 Å². The minimum Gasteiger partial charge on any atom is -0.477 e. The lowest BCUT2D eigenvalue weighted by atomic mass is 10.1. The molecule has 27 heavy (non-hydrogen) atoms. The molecule has 1 aliphatic rings. The van der Waals surface area contributed by atoms with E-state index in [-0.39, 0.29) is 24.4 Å². The summed E-state index contributed by atoms with van der Waals surface area (Å²) < 4.78 is 5.85. The Labute approximate surface area is 159 Å². The molecule has 0 fully saturated rings. The van der Waals surface area contributed by atoms with Crippen LogP contribution in [0.3, 0.4) is 0 Å².